The van der Waals surface area contributed by atoms with E-state index in [1.54, 1.807) is 28.9 Å². The normalized spacial score (nSPS) is 36.5. The molecule has 0 spiro atoms. The van der Waals surface area contributed by atoms with Gasteiger partial charge in [-0.25, -0.2) is 28.5 Å². The number of carbonyl (C=O) groups is 1. The van der Waals surface area contributed by atoms with Crippen molar-refractivity contribution in [2.75, 3.05) is 19.8 Å². The van der Waals surface area contributed by atoms with E-state index in [1.807, 2.05) is 0 Å². The number of fused-ring (bicyclic) bond motifs is 5. The van der Waals surface area contributed by atoms with Gasteiger partial charge in [0, 0.05) is 18.6 Å². The second kappa shape index (κ2) is 11.4. The van der Waals surface area contributed by atoms with Crippen LogP contribution in [-0.4, -0.2) is 73.0 Å². The molecular formula is C24H26FN7O8P2S2. The zero-order valence-electron chi connectivity index (χ0n) is 22.6. The Morgan fingerprint density at radius 1 is 1.00 bits per heavy atom. The molecule has 1 aliphatic carbocycles. The number of alkyl halides is 1. The standard InChI is InChI=1S/C24H26FN7O8P2S2/c25-18-20-17(39-24(18)32-11-29-19-22-28-3-4-31(22)10-30-23(19)32)9-38-41(34,43)37-8-15-13(7-36-42(35,44)40-20)5-14(15)12-1-2-27-16(6-12)21(26)33/h1-4,6,10-11,13-15,17-18,20,24H,5,7-9H2,(H2,26,33)(H,34,43)(H,35,44)/t13-,14+,15-,17-,18-,20-,24-,41-,42-/m1/s1. The lowest BCUT2D eigenvalue weighted by Gasteiger charge is -2.45. The van der Waals surface area contributed by atoms with E-state index in [0.717, 1.165) is 5.56 Å². The SMILES string of the molecule is NC(=O)c1cc([C@@H]2C[C@@H]3CO[P@@](=O)(S)O[C@H]4[C@@H](F)[C@H](n5cnc6c5ncn5ccnc65)O[C@@H]4CO[P@](=O)(S)OC[C@H]32)ccn1. The fraction of sp³-hybridized carbons (Fsp3) is 0.458. The number of ether oxygens (including phenoxy) is 1. The number of halogens is 1. The van der Waals surface area contributed by atoms with Crippen molar-refractivity contribution in [3.63, 3.8) is 0 Å². The quantitative estimate of drug-likeness (QED) is 0.210. The first-order valence-corrected chi connectivity index (χ1v) is 18.9. The second-order valence-electron chi connectivity index (χ2n) is 10.7. The van der Waals surface area contributed by atoms with Crippen molar-refractivity contribution in [2.24, 2.45) is 17.6 Å². The minimum Gasteiger partial charge on any atom is -0.364 e. The van der Waals surface area contributed by atoms with Gasteiger partial charge in [0.2, 0.25) is 0 Å². The molecule has 44 heavy (non-hydrogen) atoms. The molecule has 4 aromatic heterocycles. The summed E-state index contributed by atoms with van der Waals surface area (Å²) < 4.78 is 74.2. The van der Waals surface area contributed by atoms with E-state index >= 15 is 4.39 Å². The average molecular weight is 686 g/mol. The highest BCUT2D eigenvalue weighted by Gasteiger charge is 2.52. The zero-order valence-corrected chi connectivity index (χ0v) is 26.2. The third-order valence-electron chi connectivity index (χ3n) is 8.18. The first-order chi connectivity index (χ1) is 21.0. The van der Waals surface area contributed by atoms with Crippen LogP contribution in [0, 0.1) is 11.8 Å². The molecule has 6 heterocycles. The molecule has 20 heteroatoms. The maximum atomic E-state index is 16.1. The van der Waals surface area contributed by atoms with Gasteiger partial charge in [0.05, 0.1) is 26.1 Å². The molecule has 234 valence electrons. The van der Waals surface area contributed by atoms with E-state index in [0.29, 0.717) is 23.2 Å². The Morgan fingerprint density at radius 2 is 1.80 bits per heavy atom. The monoisotopic (exact) mass is 685 g/mol. The first-order valence-electron chi connectivity index (χ1n) is 13.5. The molecule has 1 saturated carbocycles. The third kappa shape index (κ3) is 5.60. The minimum absolute atomic E-state index is 0.0658. The van der Waals surface area contributed by atoms with Crippen LogP contribution >= 0.6 is 38.1 Å². The van der Waals surface area contributed by atoms with Crippen molar-refractivity contribution < 1.29 is 41.1 Å². The number of hydrogen-bond acceptors (Lipinski definition) is 12. The van der Waals surface area contributed by atoms with Crippen molar-refractivity contribution in [3.05, 3.63) is 54.6 Å². The van der Waals surface area contributed by atoms with Crippen LogP contribution in [0.2, 0.25) is 0 Å². The summed E-state index contributed by atoms with van der Waals surface area (Å²) in [5.41, 5.74) is 7.48. The van der Waals surface area contributed by atoms with Crippen molar-refractivity contribution in [1.82, 2.24) is 28.9 Å². The summed E-state index contributed by atoms with van der Waals surface area (Å²) in [6, 6.07) is 3.33. The zero-order chi connectivity index (χ0) is 30.8. The molecule has 0 aromatic carbocycles. The number of thiol groups is 2. The second-order valence-corrected chi connectivity index (χ2v) is 16.5. The van der Waals surface area contributed by atoms with Crippen LogP contribution < -0.4 is 5.73 Å². The molecule has 4 aromatic rings. The van der Waals surface area contributed by atoms with Crippen molar-refractivity contribution in [1.29, 1.82) is 0 Å². The lowest BCUT2D eigenvalue weighted by Crippen LogP contribution is -2.40. The van der Waals surface area contributed by atoms with E-state index in [2.05, 4.69) is 44.4 Å². The molecular weight excluding hydrogens is 659 g/mol. The van der Waals surface area contributed by atoms with Crippen LogP contribution in [0.15, 0.2) is 43.4 Å². The van der Waals surface area contributed by atoms with Gasteiger partial charge in [-0.2, -0.15) is 0 Å². The van der Waals surface area contributed by atoms with Crippen molar-refractivity contribution >= 4 is 60.8 Å². The van der Waals surface area contributed by atoms with Gasteiger partial charge in [0.1, 0.15) is 24.2 Å². The fourth-order valence-corrected chi connectivity index (χ4v) is 8.62. The fourth-order valence-electron chi connectivity index (χ4n) is 5.92. The summed E-state index contributed by atoms with van der Waals surface area (Å²) in [4.78, 5) is 28.6. The number of primary amides is 1. The summed E-state index contributed by atoms with van der Waals surface area (Å²) in [5.74, 6) is -1.36. The Hall–Kier alpha value is -2.40. The highest BCUT2D eigenvalue weighted by atomic mass is 32.7. The highest BCUT2D eigenvalue weighted by molar-refractivity contribution is 8.44. The van der Waals surface area contributed by atoms with Crippen molar-refractivity contribution in [3.8, 4) is 0 Å². The number of aromatic nitrogens is 6. The van der Waals surface area contributed by atoms with Crippen LogP contribution in [0.5, 0.6) is 0 Å². The Balaban J connectivity index is 1.13. The van der Waals surface area contributed by atoms with Crippen molar-refractivity contribution in [2.45, 2.75) is 36.9 Å². The molecule has 2 N–H and O–H groups in total. The Morgan fingerprint density at radius 3 is 2.61 bits per heavy atom. The highest BCUT2D eigenvalue weighted by Crippen LogP contribution is 2.61. The average Bonchev–Trinajstić information content (AvgIpc) is 3.68. The molecule has 0 radical (unpaired) electrons. The summed E-state index contributed by atoms with van der Waals surface area (Å²) >= 11 is 8.25. The van der Waals surface area contributed by atoms with Gasteiger partial charge in [-0.3, -0.25) is 27.8 Å². The van der Waals surface area contributed by atoms with E-state index in [9.17, 15) is 13.9 Å². The lowest BCUT2D eigenvalue weighted by molar-refractivity contribution is -0.0407. The van der Waals surface area contributed by atoms with E-state index in [-0.39, 0.29) is 36.7 Å². The Labute approximate surface area is 259 Å². The Bertz CT molecular complexity index is 1850. The number of rotatable bonds is 3. The predicted octanol–water partition coefficient (Wildman–Crippen LogP) is 3.75. The molecule has 2 saturated heterocycles. The van der Waals surface area contributed by atoms with Gasteiger partial charge in [-0.15, -0.1) is 0 Å². The van der Waals surface area contributed by atoms with Crippen LogP contribution in [-0.2, 0) is 32.0 Å². The van der Waals surface area contributed by atoms with E-state index in [4.69, 9.17) is 28.6 Å². The van der Waals surface area contributed by atoms with Gasteiger partial charge < -0.3 is 19.5 Å². The molecule has 0 bridgehead atoms. The van der Waals surface area contributed by atoms with Crippen LogP contribution in [0.1, 0.15) is 34.6 Å². The van der Waals surface area contributed by atoms with Gasteiger partial charge >= 0.3 is 13.6 Å². The summed E-state index contributed by atoms with van der Waals surface area (Å²) in [6.07, 6.45) is 2.19. The Kier molecular flexibility index (Phi) is 7.87. The molecule has 3 fully saturated rings. The number of imidazole rings is 2. The summed E-state index contributed by atoms with van der Waals surface area (Å²) in [6.45, 7) is -8.76. The summed E-state index contributed by atoms with van der Waals surface area (Å²) in [7, 11) is 0. The molecule has 3 aliphatic rings. The predicted molar refractivity (Wildman–Crippen MR) is 158 cm³/mol. The molecule has 0 unspecified atom stereocenters. The minimum atomic E-state index is -4.15. The van der Waals surface area contributed by atoms with Gasteiger partial charge in [0.25, 0.3) is 5.91 Å². The molecule has 1 amide bonds. The third-order valence-corrected chi connectivity index (χ3v) is 11.4. The molecule has 7 rings (SSSR count). The molecule has 2 aliphatic heterocycles. The maximum Gasteiger partial charge on any atom is 0.386 e. The summed E-state index contributed by atoms with van der Waals surface area (Å²) in [5, 5.41) is 0. The first kappa shape index (κ1) is 30.3. The lowest BCUT2D eigenvalue weighted by atomic mass is 9.63. The number of amides is 1. The number of pyridine rings is 1. The van der Waals surface area contributed by atoms with Crippen LogP contribution in [0.25, 0.3) is 16.8 Å². The number of nitrogens with two attached hydrogens (primary N) is 1. The topological polar surface area (TPSA) is 184 Å². The van der Waals surface area contributed by atoms with Crippen LogP contribution in [0.3, 0.4) is 0 Å². The van der Waals surface area contributed by atoms with Crippen LogP contribution in [0.4, 0.5) is 4.39 Å². The van der Waals surface area contributed by atoms with Gasteiger partial charge in [0.15, 0.2) is 29.2 Å². The number of carbonyl (C=O) groups excluding carboxylic acids is 1. The van der Waals surface area contributed by atoms with Gasteiger partial charge in [-0.1, -0.05) is 24.5 Å². The number of nitrogens with zero attached hydrogens (tertiary/aromatic N) is 6. The number of hydrogen-bond donors (Lipinski definition) is 3. The van der Waals surface area contributed by atoms with E-state index in [1.165, 1.54) is 23.4 Å². The van der Waals surface area contributed by atoms with Gasteiger partial charge in [-0.05, 0) is 41.9 Å². The smallest absolute Gasteiger partial charge is 0.364 e. The largest absolute Gasteiger partial charge is 0.386 e. The van der Waals surface area contributed by atoms with E-state index < -0.39 is 50.7 Å². The molecule has 15 nitrogen and oxygen atoms in total. The maximum absolute atomic E-state index is 16.1. The molecule has 9 atom stereocenters.